The zero-order valence-electron chi connectivity index (χ0n) is 15.0. The van der Waals surface area contributed by atoms with Gasteiger partial charge in [-0.25, -0.2) is 0 Å². The molecule has 0 fully saturated rings. The maximum atomic E-state index is 12.5. The van der Waals surface area contributed by atoms with Crippen molar-refractivity contribution in [3.63, 3.8) is 0 Å². The molecule has 0 saturated carbocycles. The lowest BCUT2D eigenvalue weighted by Gasteiger charge is -2.18. The van der Waals surface area contributed by atoms with E-state index >= 15 is 0 Å². The number of hydrogen-bond acceptors (Lipinski definition) is 2. The number of aryl methyl sites for hydroxylation is 1. The molecule has 0 bridgehead atoms. The number of benzene rings is 2. The number of carbonyl (C=O) groups is 1. The molecule has 2 aromatic carbocycles. The number of anilines is 1. The van der Waals surface area contributed by atoms with E-state index in [1.807, 2.05) is 55.5 Å². The molecule has 128 valence electrons. The summed E-state index contributed by atoms with van der Waals surface area (Å²) in [4.78, 5) is 12.5. The normalized spacial score (nSPS) is 12.0. The third-order valence-electron chi connectivity index (χ3n) is 4.12. The Hall–Kier alpha value is -2.29. The average molecular weight is 325 g/mol. The summed E-state index contributed by atoms with van der Waals surface area (Å²) in [5, 5.41) is 2.94. The first kappa shape index (κ1) is 18.1. The van der Waals surface area contributed by atoms with Gasteiger partial charge in [-0.3, -0.25) is 4.79 Å². The van der Waals surface area contributed by atoms with Crippen LogP contribution in [0.3, 0.4) is 0 Å². The van der Waals surface area contributed by atoms with E-state index in [9.17, 15) is 4.79 Å². The summed E-state index contributed by atoms with van der Waals surface area (Å²) >= 11 is 0. The topological polar surface area (TPSA) is 38.3 Å². The Morgan fingerprint density at radius 2 is 1.62 bits per heavy atom. The average Bonchev–Trinajstić information content (AvgIpc) is 2.60. The van der Waals surface area contributed by atoms with E-state index in [-0.39, 0.29) is 5.91 Å². The summed E-state index contributed by atoms with van der Waals surface area (Å²) in [6, 6.07) is 15.9. The number of ether oxygens (including phenoxy) is 1. The van der Waals surface area contributed by atoms with Crippen molar-refractivity contribution in [2.24, 2.45) is 0 Å². The van der Waals surface area contributed by atoms with Gasteiger partial charge in [0.2, 0.25) is 0 Å². The van der Waals surface area contributed by atoms with Gasteiger partial charge in [-0.15, -0.1) is 0 Å². The van der Waals surface area contributed by atoms with Crippen molar-refractivity contribution in [2.45, 2.75) is 52.6 Å². The Labute approximate surface area is 145 Å². The third-order valence-corrected chi connectivity index (χ3v) is 4.12. The predicted molar refractivity (Wildman–Crippen MR) is 99.7 cm³/mol. The maximum absolute atomic E-state index is 12.5. The zero-order valence-corrected chi connectivity index (χ0v) is 15.0. The lowest BCUT2D eigenvalue weighted by atomic mass is 10.0. The Morgan fingerprint density at radius 1 is 1.00 bits per heavy atom. The van der Waals surface area contributed by atoms with Gasteiger partial charge in [-0.2, -0.15) is 0 Å². The van der Waals surface area contributed by atoms with Crippen LogP contribution in [-0.4, -0.2) is 12.0 Å². The largest absolute Gasteiger partial charge is 0.481 e. The van der Waals surface area contributed by atoms with Gasteiger partial charge in [0, 0.05) is 5.69 Å². The van der Waals surface area contributed by atoms with Crippen molar-refractivity contribution in [2.75, 3.05) is 5.32 Å². The van der Waals surface area contributed by atoms with Crippen molar-refractivity contribution in [3.05, 3.63) is 59.7 Å². The predicted octanol–water partition coefficient (Wildman–Crippen LogP) is 5.17. The van der Waals surface area contributed by atoms with Gasteiger partial charge in [0.1, 0.15) is 5.75 Å². The lowest BCUT2D eigenvalue weighted by Crippen LogP contribution is -2.32. The van der Waals surface area contributed by atoms with Crippen LogP contribution in [0.15, 0.2) is 48.5 Å². The first-order valence-electron chi connectivity index (χ1n) is 8.69. The molecule has 0 saturated heterocycles. The Balaban J connectivity index is 1.99. The minimum Gasteiger partial charge on any atom is -0.481 e. The van der Waals surface area contributed by atoms with Crippen molar-refractivity contribution < 1.29 is 9.53 Å². The van der Waals surface area contributed by atoms with Gasteiger partial charge >= 0.3 is 0 Å². The number of nitrogens with one attached hydrogen (secondary N) is 1. The SMILES string of the molecule is CCc1ccc(OC(CC)C(=O)Nc2ccc(C(C)C)cc2)cc1. The molecule has 0 aromatic heterocycles. The van der Waals surface area contributed by atoms with Gasteiger partial charge in [-0.1, -0.05) is 52.0 Å². The summed E-state index contributed by atoms with van der Waals surface area (Å²) in [5.41, 5.74) is 3.31. The van der Waals surface area contributed by atoms with Crippen LogP contribution in [0.4, 0.5) is 5.69 Å². The lowest BCUT2D eigenvalue weighted by molar-refractivity contribution is -0.122. The quantitative estimate of drug-likeness (QED) is 0.763. The fraction of sp³-hybridized carbons (Fsp3) is 0.381. The van der Waals surface area contributed by atoms with Crippen LogP contribution in [0.1, 0.15) is 51.2 Å². The molecule has 3 heteroatoms. The second-order valence-corrected chi connectivity index (χ2v) is 6.28. The van der Waals surface area contributed by atoms with Gasteiger partial charge < -0.3 is 10.1 Å². The molecular formula is C21H27NO2. The number of rotatable bonds is 7. The highest BCUT2D eigenvalue weighted by Gasteiger charge is 2.18. The van der Waals surface area contributed by atoms with Crippen molar-refractivity contribution in [1.82, 2.24) is 0 Å². The molecule has 1 unspecified atom stereocenters. The highest BCUT2D eigenvalue weighted by molar-refractivity contribution is 5.94. The minimum absolute atomic E-state index is 0.116. The van der Waals surface area contributed by atoms with E-state index in [2.05, 4.69) is 26.1 Å². The molecule has 2 rings (SSSR count). The summed E-state index contributed by atoms with van der Waals surface area (Å²) in [6.07, 6.45) is 1.11. The van der Waals surface area contributed by atoms with E-state index in [1.54, 1.807) is 0 Å². The highest BCUT2D eigenvalue weighted by atomic mass is 16.5. The standard InChI is InChI=1S/C21H27NO2/c1-5-16-7-13-19(14-8-16)24-20(6-2)21(23)22-18-11-9-17(10-12-18)15(3)4/h7-15,20H,5-6H2,1-4H3,(H,22,23). The highest BCUT2D eigenvalue weighted by Crippen LogP contribution is 2.19. The van der Waals surface area contributed by atoms with Crippen LogP contribution in [0.25, 0.3) is 0 Å². The van der Waals surface area contributed by atoms with Crippen LogP contribution >= 0.6 is 0 Å². The molecule has 0 radical (unpaired) electrons. The molecule has 3 nitrogen and oxygen atoms in total. The van der Waals surface area contributed by atoms with Crippen LogP contribution < -0.4 is 10.1 Å². The van der Waals surface area contributed by atoms with Crippen LogP contribution in [0, 0.1) is 0 Å². The first-order valence-corrected chi connectivity index (χ1v) is 8.69. The van der Waals surface area contributed by atoms with E-state index in [0.717, 1.165) is 17.9 Å². The molecule has 2 aromatic rings. The minimum atomic E-state index is -0.498. The fourth-order valence-electron chi connectivity index (χ4n) is 2.46. The Morgan fingerprint density at radius 3 is 2.12 bits per heavy atom. The van der Waals surface area contributed by atoms with Gasteiger partial charge in [0.05, 0.1) is 0 Å². The van der Waals surface area contributed by atoms with Gasteiger partial charge in [0.25, 0.3) is 5.91 Å². The smallest absolute Gasteiger partial charge is 0.265 e. The fourth-order valence-corrected chi connectivity index (χ4v) is 2.46. The van der Waals surface area contributed by atoms with Crippen LogP contribution in [0.2, 0.25) is 0 Å². The molecule has 1 amide bonds. The monoisotopic (exact) mass is 325 g/mol. The zero-order chi connectivity index (χ0) is 17.5. The van der Waals surface area contributed by atoms with E-state index in [4.69, 9.17) is 4.74 Å². The molecule has 0 aliphatic carbocycles. The van der Waals surface area contributed by atoms with Crippen molar-refractivity contribution in [3.8, 4) is 5.75 Å². The van der Waals surface area contributed by atoms with Crippen LogP contribution in [0.5, 0.6) is 5.75 Å². The summed E-state index contributed by atoms with van der Waals surface area (Å²) in [5.74, 6) is 1.09. The number of amides is 1. The van der Waals surface area contributed by atoms with Crippen molar-refractivity contribution in [1.29, 1.82) is 0 Å². The molecule has 1 N–H and O–H groups in total. The molecule has 0 aliphatic heterocycles. The van der Waals surface area contributed by atoms with E-state index in [1.165, 1.54) is 11.1 Å². The number of carbonyl (C=O) groups excluding carboxylic acids is 1. The Kier molecular flexibility index (Phi) is 6.42. The first-order chi connectivity index (χ1) is 11.5. The molecular weight excluding hydrogens is 298 g/mol. The van der Waals surface area contributed by atoms with E-state index in [0.29, 0.717) is 12.3 Å². The Bertz CT molecular complexity index is 645. The molecule has 0 aliphatic rings. The van der Waals surface area contributed by atoms with Crippen molar-refractivity contribution >= 4 is 11.6 Å². The van der Waals surface area contributed by atoms with E-state index < -0.39 is 6.10 Å². The van der Waals surface area contributed by atoms with Gasteiger partial charge in [-0.05, 0) is 54.2 Å². The second-order valence-electron chi connectivity index (χ2n) is 6.28. The summed E-state index contributed by atoms with van der Waals surface area (Å²) in [6.45, 7) is 8.37. The third kappa shape index (κ3) is 4.85. The van der Waals surface area contributed by atoms with Gasteiger partial charge in [0.15, 0.2) is 6.10 Å². The molecule has 1 atom stereocenters. The summed E-state index contributed by atoms with van der Waals surface area (Å²) in [7, 11) is 0. The molecule has 24 heavy (non-hydrogen) atoms. The maximum Gasteiger partial charge on any atom is 0.265 e. The number of hydrogen-bond donors (Lipinski definition) is 1. The molecule has 0 spiro atoms. The second kappa shape index (κ2) is 8.53. The summed E-state index contributed by atoms with van der Waals surface area (Å²) < 4.78 is 5.85. The molecule has 0 heterocycles. The van der Waals surface area contributed by atoms with Crippen LogP contribution in [-0.2, 0) is 11.2 Å².